The van der Waals surface area contributed by atoms with Gasteiger partial charge >= 0.3 is 0 Å². The molecule has 1 heterocycles. The van der Waals surface area contributed by atoms with Crippen LogP contribution < -0.4 is 5.32 Å². The molecule has 0 aromatic heterocycles. The van der Waals surface area contributed by atoms with Gasteiger partial charge in [-0.1, -0.05) is 19.9 Å². The zero-order valence-corrected chi connectivity index (χ0v) is 11.9. The standard InChI is InChI=1S/C15H19FN2O2/c1-9(2)14-15(20)18(8-13(19)17-14)7-11-6-12(16)5-4-10(11)3/h4-6,9,14H,7-8H2,1-3H3,(H,17,19). The first-order valence-electron chi connectivity index (χ1n) is 6.71. The summed E-state index contributed by atoms with van der Waals surface area (Å²) in [5.41, 5.74) is 1.64. The van der Waals surface area contributed by atoms with Gasteiger partial charge in [0.2, 0.25) is 11.8 Å². The third-order valence-electron chi connectivity index (χ3n) is 3.57. The summed E-state index contributed by atoms with van der Waals surface area (Å²) in [6, 6.07) is 3.99. The number of nitrogens with one attached hydrogen (secondary N) is 1. The molecule has 1 N–H and O–H groups in total. The number of carbonyl (C=O) groups excluding carboxylic acids is 2. The molecule has 1 fully saturated rings. The fourth-order valence-corrected chi connectivity index (χ4v) is 2.33. The SMILES string of the molecule is Cc1ccc(F)cc1CN1CC(=O)NC(C(C)C)C1=O. The normalized spacial score (nSPS) is 19.4. The largest absolute Gasteiger partial charge is 0.343 e. The molecule has 0 bridgehead atoms. The van der Waals surface area contributed by atoms with Crippen LogP contribution in [0, 0.1) is 18.7 Å². The highest BCUT2D eigenvalue weighted by molar-refractivity contribution is 5.94. The summed E-state index contributed by atoms with van der Waals surface area (Å²) in [7, 11) is 0. The monoisotopic (exact) mass is 278 g/mol. The zero-order valence-electron chi connectivity index (χ0n) is 11.9. The topological polar surface area (TPSA) is 49.4 Å². The van der Waals surface area contributed by atoms with Gasteiger partial charge < -0.3 is 10.2 Å². The second-order valence-electron chi connectivity index (χ2n) is 5.55. The molecular formula is C15H19FN2O2. The summed E-state index contributed by atoms with van der Waals surface area (Å²) in [6.07, 6.45) is 0. The molecule has 1 unspecified atom stereocenters. The molecule has 108 valence electrons. The van der Waals surface area contributed by atoms with Crippen LogP contribution in [0.15, 0.2) is 18.2 Å². The number of aryl methyl sites for hydroxylation is 1. The van der Waals surface area contributed by atoms with E-state index in [4.69, 9.17) is 0 Å². The van der Waals surface area contributed by atoms with Crippen molar-refractivity contribution in [1.29, 1.82) is 0 Å². The van der Waals surface area contributed by atoms with Gasteiger partial charge in [-0.3, -0.25) is 9.59 Å². The lowest BCUT2D eigenvalue weighted by atomic mass is 9.99. The summed E-state index contributed by atoms with van der Waals surface area (Å²) in [5.74, 6) is -0.580. The van der Waals surface area contributed by atoms with Gasteiger partial charge in [0, 0.05) is 6.54 Å². The quantitative estimate of drug-likeness (QED) is 0.913. The lowest BCUT2D eigenvalue weighted by Crippen LogP contribution is -2.59. The Labute approximate surface area is 118 Å². The Morgan fingerprint density at radius 2 is 2.10 bits per heavy atom. The minimum Gasteiger partial charge on any atom is -0.343 e. The van der Waals surface area contributed by atoms with E-state index in [1.165, 1.54) is 17.0 Å². The van der Waals surface area contributed by atoms with Crippen LogP contribution in [0.5, 0.6) is 0 Å². The fourth-order valence-electron chi connectivity index (χ4n) is 2.33. The van der Waals surface area contributed by atoms with Gasteiger partial charge in [0.1, 0.15) is 11.9 Å². The number of amides is 2. The minimum atomic E-state index is -0.495. The van der Waals surface area contributed by atoms with Crippen LogP contribution >= 0.6 is 0 Å². The summed E-state index contributed by atoms with van der Waals surface area (Å²) in [6.45, 7) is 5.93. The first-order chi connectivity index (χ1) is 9.38. The van der Waals surface area contributed by atoms with E-state index in [2.05, 4.69) is 5.32 Å². The summed E-state index contributed by atoms with van der Waals surface area (Å²) >= 11 is 0. The Hall–Kier alpha value is -1.91. The Morgan fingerprint density at radius 1 is 1.40 bits per heavy atom. The second-order valence-corrected chi connectivity index (χ2v) is 5.55. The molecule has 1 aromatic carbocycles. The number of benzene rings is 1. The zero-order chi connectivity index (χ0) is 14.9. The Kier molecular flexibility index (Phi) is 4.06. The van der Waals surface area contributed by atoms with E-state index in [1.807, 2.05) is 20.8 Å². The number of carbonyl (C=O) groups is 2. The van der Waals surface area contributed by atoms with Crippen LogP contribution in [0.25, 0.3) is 0 Å². The Bertz CT molecular complexity index is 543. The lowest BCUT2D eigenvalue weighted by molar-refractivity contribution is -0.146. The first kappa shape index (κ1) is 14.5. The second kappa shape index (κ2) is 5.61. The third-order valence-corrected chi connectivity index (χ3v) is 3.57. The minimum absolute atomic E-state index is 0.0258. The molecule has 1 atom stereocenters. The predicted molar refractivity (Wildman–Crippen MR) is 73.3 cm³/mol. The van der Waals surface area contributed by atoms with Gasteiger partial charge in [-0.25, -0.2) is 4.39 Å². The van der Waals surface area contributed by atoms with Gasteiger partial charge in [0.05, 0.1) is 6.54 Å². The summed E-state index contributed by atoms with van der Waals surface area (Å²) in [5, 5.41) is 2.70. The highest BCUT2D eigenvalue weighted by atomic mass is 19.1. The van der Waals surface area contributed by atoms with E-state index in [0.29, 0.717) is 0 Å². The molecule has 1 aliphatic rings. The molecule has 1 aromatic rings. The van der Waals surface area contributed by atoms with Crippen molar-refractivity contribution in [3.8, 4) is 0 Å². The van der Waals surface area contributed by atoms with E-state index in [0.717, 1.165) is 11.1 Å². The van der Waals surface area contributed by atoms with Crippen molar-refractivity contribution in [2.45, 2.75) is 33.4 Å². The lowest BCUT2D eigenvalue weighted by Gasteiger charge is -2.34. The third kappa shape index (κ3) is 2.98. The maximum absolute atomic E-state index is 13.3. The van der Waals surface area contributed by atoms with Crippen molar-refractivity contribution in [2.24, 2.45) is 5.92 Å². The molecule has 20 heavy (non-hydrogen) atoms. The van der Waals surface area contributed by atoms with Crippen molar-refractivity contribution in [3.05, 3.63) is 35.1 Å². The highest BCUT2D eigenvalue weighted by Gasteiger charge is 2.34. The first-order valence-corrected chi connectivity index (χ1v) is 6.71. The fraction of sp³-hybridized carbons (Fsp3) is 0.467. The average Bonchev–Trinajstić information content (AvgIpc) is 2.37. The van der Waals surface area contributed by atoms with Crippen LogP contribution in [0.1, 0.15) is 25.0 Å². The maximum atomic E-state index is 13.3. The van der Waals surface area contributed by atoms with Crippen molar-refractivity contribution in [2.75, 3.05) is 6.54 Å². The molecule has 1 saturated heterocycles. The van der Waals surface area contributed by atoms with Crippen LogP contribution in [0.4, 0.5) is 4.39 Å². The van der Waals surface area contributed by atoms with Gasteiger partial charge in [0.15, 0.2) is 0 Å². The van der Waals surface area contributed by atoms with E-state index < -0.39 is 6.04 Å². The molecule has 0 saturated carbocycles. The number of hydrogen-bond acceptors (Lipinski definition) is 2. The van der Waals surface area contributed by atoms with Crippen LogP contribution in [0.3, 0.4) is 0 Å². The van der Waals surface area contributed by atoms with Crippen molar-refractivity contribution < 1.29 is 14.0 Å². The van der Waals surface area contributed by atoms with Crippen LogP contribution in [-0.2, 0) is 16.1 Å². The molecule has 0 radical (unpaired) electrons. The number of nitrogens with zero attached hydrogens (tertiary/aromatic N) is 1. The van der Waals surface area contributed by atoms with E-state index in [1.54, 1.807) is 6.07 Å². The number of rotatable bonds is 3. The number of halogens is 1. The maximum Gasteiger partial charge on any atom is 0.246 e. The number of piperazine rings is 1. The molecule has 2 amide bonds. The van der Waals surface area contributed by atoms with Gasteiger partial charge in [0.25, 0.3) is 0 Å². The summed E-state index contributed by atoms with van der Waals surface area (Å²) < 4.78 is 13.3. The van der Waals surface area contributed by atoms with Gasteiger partial charge in [-0.15, -0.1) is 0 Å². The van der Waals surface area contributed by atoms with Gasteiger partial charge in [-0.05, 0) is 36.1 Å². The molecule has 1 aliphatic heterocycles. The van der Waals surface area contributed by atoms with E-state index in [-0.39, 0.29) is 36.6 Å². The van der Waals surface area contributed by atoms with E-state index in [9.17, 15) is 14.0 Å². The van der Waals surface area contributed by atoms with Crippen molar-refractivity contribution in [1.82, 2.24) is 10.2 Å². The summed E-state index contributed by atoms with van der Waals surface area (Å²) in [4.78, 5) is 25.5. The van der Waals surface area contributed by atoms with E-state index >= 15 is 0 Å². The van der Waals surface area contributed by atoms with Crippen molar-refractivity contribution in [3.63, 3.8) is 0 Å². The molecule has 0 spiro atoms. The molecule has 2 rings (SSSR count). The molecule has 4 nitrogen and oxygen atoms in total. The van der Waals surface area contributed by atoms with Crippen molar-refractivity contribution >= 4 is 11.8 Å². The average molecular weight is 278 g/mol. The molecule has 5 heteroatoms. The van der Waals surface area contributed by atoms with Crippen LogP contribution in [0.2, 0.25) is 0 Å². The number of hydrogen-bond donors (Lipinski definition) is 1. The molecule has 0 aliphatic carbocycles. The highest BCUT2D eigenvalue weighted by Crippen LogP contribution is 2.17. The predicted octanol–water partition coefficient (Wildman–Crippen LogP) is 1.62. The Morgan fingerprint density at radius 3 is 2.75 bits per heavy atom. The van der Waals surface area contributed by atoms with Crippen LogP contribution in [-0.4, -0.2) is 29.3 Å². The molecular weight excluding hydrogens is 259 g/mol. The van der Waals surface area contributed by atoms with Gasteiger partial charge in [-0.2, -0.15) is 0 Å². The smallest absolute Gasteiger partial charge is 0.246 e. The Balaban J connectivity index is 2.21.